The lowest BCUT2D eigenvalue weighted by atomic mass is 10.1. The van der Waals surface area contributed by atoms with Gasteiger partial charge in [0.2, 0.25) is 0 Å². The molecule has 1 aromatic heterocycles. The lowest BCUT2D eigenvalue weighted by Gasteiger charge is -2.06. The van der Waals surface area contributed by atoms with Gasteiger partial charge < -0.3 is 9.30 Å². The van der Waals surface area contributed by atoms with E-state index >= 15 is 0 Å². The SMILES string of the molecule is C=CCn1c(=NC(=O)c2ccccc2OC)sc2cc(C)cc(C)c21. The fourth-order valence-electron chi connectivity index (χ4n) is 2.94. The molecule has 0 aliphatic rings. The van der Waals surface area contributed by atoms with Gasteiger partial charge in [0, 0.05) is 6.54 Å². The van der Waals surface area contributed by atoms with Crippen LogP contribution in [0.5, 0.6) is 5.75 Å². The van der Waals surface area contributed by atoms with Gasteiger partial charge in [-0.05, 0) is 43.2 Å². The predicted molar refractivity (Wildman–Crippen MR) is 102 cm³/mol. The summed E-state index contributed by atoms with van der Waals surface area (Å²) in [6, 6.07) is 11.4. The van der Waals surface area contributed by atoms with Crippen molar-refractivity contribution in [1.29, 1.82) is 0 Å². The molecular formula is C20H20N2O2S. The van der Waals surface area contributed by atoms with Gasteiger partial charge in [0.25, 0.3) is 5.91 Å². The summed E-state index contributed by atoms with van der Waals surface area (Å²) < 4.78 is 8.43. The first-order valence-corrected chi connectivity index (χ1v) is 8.80. The monoisotopic (exact) mass is 352 g/mol. The van der Waals surface area contributed by atoms with E-state index in [4.69, 9.17) is 4.74 Å². The predicted octanol–water partition coefficient (Wildman–Crippen LogP) is 4.26. The highest BCUT2D eigenvalue weighted by Gasteiger charge is 2.13. The van der Waals surface area contributed by atoms with Crippen LogP contribution >= 0.6 is 11.3 Å². The second-order valence-electron chi connectivity index (χ2n) is 5.83. The topological polar surface area (TPSA) is 43.6 Å². The van der Waals surface area contributed by atoms with Crippen molar-refractivity contribution in [2.75, 3.05) is 7.11 Å². The molecule has 0 saturated heterocycles. The summed E-state index contributed by atoms with van der Waals surface area (Å²) in [7, 11) is 1.55. The van der Waals surface area contributed by atoms with Crippen LogP contribution < -0.4 is 9.54 Å². The van der Waals surface area contributed by atoms with E-state index in [0.717, 1.165) is 10.2 Å². The first kappa shape index (κ1) is 17.2. The molecular weight excluding hydrogens is 332 g/mol. The number of benzene rings is 2. The van der Waals surface area contributed by atoms with E-state index in [2.05, 4.69) is 37.6 Å². The van der Waals surface area contributed by atoms with Crippen molar-refractivity contribution in [2.45, 2.75) is 20.4 Å². The van der Waals surface area contributed by atoms with Gasteiger partial charge in [0.1, 0.15) is 5.75 Å². The van der Waals surface area contributed by atoms with E-state index in [9.17, 15) is 4.79 Å². The highest BCUT2D eigenvalue weighted by atomic mass is 32.1. The minimum absolute atomic E-state index is 0.309. The molecule has 25 heavy (non-hydrogen) atoms. The average Bonchev–Trinajstić information content (AvgIpc) is 2.92. The Morgan fingerprint density at radius 1 is 1.32 bits per heavy atom. The largest absolute Gasteiger partial charge is 0.496 e. The number of para-hydroxylation sites is 1. The van der Waals surface area contributed by atoms with Crippen LogP contribution in [0, 0.1) is 13.8 Å². The number of nitrogens with zero attached hydrogens (tertiary/aromatic N) is 2. The maximum Gasteiger partial charge on any atom is 0.283 e. The molecule has 0 radical (unpaired) electrons. The summed E-state index contributed by atoms with van der Waals surface area (Å²) in [5, 5.41) is 0. The van der Waals surface area contributed by atoms with Gasteiger partial charge in [-0.2, -0.15) is 4.99 Å². The molecule has 0 aliphatic heterocycles. The molecule has 0 N–H and O–H groups in total. The first-order valence-electron chi connectivity index (χ1n) is 7.98. The Bertz CT molecular complexity index is 1030. The molecule has 5 heteroatoms. The third kappa shape index (κ3) is 3.28. The molecule has 3 rings (SSSR count). The molecule has 0 bridgehead atoms. The summed E-state index contributed by atoms with van der Waals surface area (Å²) in [4.78, 5) is 17.7. The summed E-state index contributed by atoms with van der Waals surface area (Å²) in [5.41, 5.74) is 3.92. The van der Waals surface area contributed by atoms with Crippen molar-refractivity contribution in [2.24, 2.45) is 4.99 Å². The quantitative estimate of drug-likeness (QED) is 0.659. The number of aromatic nitrogens is 1. The number of aryl methyl sites for hydroxylation is 2. The molecule has 0 aliphatic carbocycles. The first-order chi connectivity index (χ1) is 12.0. The second kappa shape index (κ2) is 7.07. The van der Waals surface area contributed by atoms with Crippen LogP contribution in [0.2, 0.25) is 0 Å². The molecule has 1 amide bonds. The van der Waals surface area contributed by atoms with E-state index in [1.165, 1.54) is 22.5 Å². The standard InChI is InChI=1S/C20H20N2O2S/c1-5-10-22-18-14(3)11-13(2)12-17(18)25-20(22)21-19(23)15-8-6-7-9-16(15)24-4/h5-9,11-12H,1,10H2,2-4H3. The fourth-order valence-corrected chi connectivity index (χ4v) is 4.16. The number of ether oxygens (including phenoxy) is 1. The lowest BCUT2D eigenvalue weighted by molar-refractivity contribution is 0.0995. The summed E-state index contributed by atoms with van der Waals surface area (Å²) in [6.07, 6.45) is 1.82. The van der Waals surface area contributed by atoms with E-state index in [0.29, 0.717) is 22.7 Å². The number of rotatable bonds is 4. The number of amides is 1. The number of hydrogen-bond acceptors (Lipinski definition) is 3. The maximum absolute atomic E-state index is 12.7. The molecule has 0 unspecified atom stereocenters. The van der Waals surface area contributed by atoms with E-state index in [-0.39, 0.29) is 5.91 Å². The van der Waals surface area contributed by atoms with Crippen molar-refractivity contribution in [3.05, 3.63) is 70.5 Å². The minimum Gasteiger partial charge on any atom is -0.496 e. The maximum atomic E-state index is 12.7. The van der Waals surface area contributed by atoms with E-state index in [1.807, 2.05) is 22.8 Å². The highest BCUT2D eigenvalue weighted by molar-refractivity contribution is 7.16. The molecule has 2 aromatic carbocycles. The molecule has 0 saturated carbocycles. The Labute approximate surface area is 150 Å². The zero-order valence-electron chi connectivity index (χ0n) is 14.6. The summed E-state index contributed by atoms with van der Waals surface area (Å²) in [5.74, 6) is 0.218. The fraction of sp³-hybridized carbons (Fsp3) is 0.200. The second-order valence-corrected chi connectivity index (χ2v) is 6.84. The number of carbonyl (C=O) groups is 1. The van der Waals surface area contributed by atoms with Crippen molar-refractivity contribution in [3.8, 4) is 5.75 Å². The Hall–Kier alpha value is -2.66. The van der Waals surface area contributed by atoms with Crippen molar-refractivity contribution >= 4 is 27.5 Å². The molecule has 0 atom stereocenters. The Kier molecular flexibility index (Phi) is 4.86. The molecule has 128 valence electrons. The Morgan fingerprint density at radius 2 is 2.08 bits per heavy atom. The normalized spacial score (nSPS) is 11.7. The summed E-state index contributed by atoms with van der Waals surface area (Å²) in [6.45, 7) is 8.58. The van der Waals surface area contributed by atoms with Gasteiger partial charge in [-0.15, -0.1) is 6.58 Å². The number of carbonyl (C=O) groups excluding carboxylic acids is 1. The Morgan fingerprint density at radius 3 is 2.80 bits per heavy atom. The van der Waals surface area contributed by atoms with Gasteiger partial charge in [-0.1, -0.05) is 35.6 Å². The van der Waals surface area contributed by atoms with Gasteiger partial charge in [0.15, 0.2) is 4.80 Å². The van der Waals surface area contributed by atoms with Gasteiger partial charge in [-0.3, -0.25) is 4.79 Å². The van der Waals surface area contributed by atoms with E-state index in [1.54, 1.807) is 19.2 Å². The van der Waals surface area contributed by atoms with Crippen LogP contribution in [-0.4, -0.2) is 17.6 Å². The van der Waals surface area contributed by atoms with Crippen molar-refractivity contribution in [1.82, 2.24) is 4.57 Å². The van der Waals surface area contributed by atoms with Crippen LogP contribution in [0.3, 0.4) is 0 Å². The molecule has 0 spiro atoms. The number of methoxy groups -OCH3 is 1. The molecule has 0 fully saturated rings. The summed E-state index contributed by atoms with van der Waals surface area (Å²) >= 11 is 1.52. The van der Waals surface area contributed by atoms with Crippen LogP contribution in [0.15, 0.2) is 54.0 Å². The van der Waals surface area contributed by atoms with Crippen LogP contribution in [-0.2, 0) is 6.54 Å². The number of fused-ring (bicyclic) bond motifs is 1. The van der Waals surface area contributed by atoms with Crippen LogP contribution in [0.25, 0.3) is 10.2 Å². The van der Waals surface area contributed by atoms with Gasteiger partial charge in [0.05, 0.1) is 22.9 Å². The zero-order valence-corrected chi connectivity index (χ0v) is 15.4. The number of allylic oxidation sites excluding steroid dienone is 1. The third-order valence-corrected chi connectivity index (χ3v) is 4.98. The van der Waals surface area contributed by atoms with E-state index < -0.39 is 0 Å². The lowest BCUT2D eigenvalue weighted by Crippen LogP contribution is -2.17. The zero-order chi connectivity index (χ0) is 18.0. The van der Waals surface area contributed by atoms with Crippen molar-refractivity contribution < 1.29 is 9.53 Å². The van der Waals surface area contributed by atoms with Crippen molar-refractivity contribution in [3.63, 3.8) is 0 Å². The molecule has 4 nitrogen and oxygen atoms in total. The number of hydrogen-bond donors (Lipinski definition) is 0. The minimum atomic E-state index is -0.309. The van der Waals surface area contributed by atoms with Crippen LogP contribution in [0.4, 0.5) is 0 Å². The van der Waals surface area contributed by atoms with Gasteiger partial charge >= 0.3 is 0 Å². The molecule has 1 heterocycles. The smallest absolute Gasteiger partial charge is 0.283 e. The third-order valence-electron chi connectivity index (χ3n) is 3.96. The number of thiazole rings is 1. The molecule has 3 aromatic rings. The van der Waals surface area contributed by atoms with Gasteiger partial charge in [-0.25, -0.2) is 0 Å². The van der Waals surface area contributed by atoms with Crippen LogP contribution in [0.1, 0.15) is 21.5 Å². The highest BCUT2D eigenvalue weighted by Crippen LogP contribution is 2.24. The Balaban J connectivity index is 2.22. The average molecular weight is 352 g/mol.